The summed E-state index contributed by atoms with van der Waals surface area (Å²) in [5.41, 5.74) is 3.76. The fourth-order valence-corrected chi connectivity index (χ4v) is 3.83. The highest BCUT2D eigenvalue weighted by atomic mass is 19.1. The fraction of sp³-hybridized carbons (Fsp3) is 0.350. The molecule has 0 amide bonds. The highest BCUT2D eigenvalue weighted by Crippen LogP contribution is 2.20. The summed E-state index contributed by atoms with van der Waals surface area (Å²) in [6.45, 7) is 2.97. The number of fused-ring (bicyclic) bond motifs is 1. The normalized spacial score (nSPS) is 17.5. The fourth-order valence-electron chi connectivity index (χ4n) is 3.83. The molecule has 0 radical (unpaired) electrons. The van der Waals surface area contributed by atoms with E-state index in [-0.39, 0.29) is 11.9 Å². The van der Waals surface area contributed by atoms with Gasteiger partial charge in [-0.05, 0) is 40.3 Å². The molecule has 1 unspecified atom stereocenters. The van der Waals surface area contributed by atoms with E-state index >= 15 is 0 Å². The Balaban J connectivity index is 1.71. The third-order valence-corrected chi connectivity index (χ3v) is 5.19. The Morgan fingerprint density at radius 1 is 1.15 bits per heavy atom. The second-order valence-electron chi connectivity index (χ2n) is 6.84. The average Bonchev–Trinajstić information content (AvgIpc) is 3.16. The van der Waals surface area contributed by atoms with E-state index < -0.39 is 0 Å². The Morgan fingerprint density at radius 2 is 1.93 bits per heavy atom. The van der Waals surface area contributed by atoms with Gasteiger partial charge in [0.15, 0.2) is 6.04 Å². The smallest absolute Gasteiger partial charge is 0.214 e. The average molecular weight is 368 g/mol. The summed E-state index contributed by atoms with van der Waals surface area (Å²) < 4.78 is 20.5. The number of rotatable bonds is 6. The Hall–Kier alpha value is -2.64. The van der Waals surface area contributed by atoms with Gasteiger partial charge in [-0.1, -0.05) is 24.3 Å². The van der Waals surface area contributed by atoms with Crippen LogP contribution in [-0.4, -0.2) is 40.5 Å². The maximum atomic E-state index is 13.5. The van der Waals surface area contributed by atoms with Crippen molar-refractivity contribution in [1.82, 2.24) is 20.2 Å². The van der Waals surface area contributed by atoms with Gasteiger partial charge in [-0.3, -0.25) is 0 Å². The Labute approximate surface area is 157 Å². The second-order valence-corrected chi connectivity index (χ2v) is 6.84. The molecule has 0 bridgehead atoms. The predicted octanol–water partition coefficient (Wildman–Crippen LogP) is 1.19. The van der Waals surface area contributed by atoms with Crippen LogP contribution < -0.4 is 4.90 Å². The number of ether oxygens (including phenoxy) is 1. The van der Waals surface area contributed by atoms with Crippen LogP contribution in [-0.2, 0) is 24.2 Å². The van der Waals surface area contributed by atoms with Gasteiger partial charge in [-0.15, -0.1) is 5.10 Å². The highest BCUT2D eigenvalue weighted by Gasteiger charge is 2.34. The summed E-state index contributed by atoms with van der Waals surface area (Å²) in [4.78, 5) is 1.36. The molecule has 27 heavy (non-hydrogen) atoms. The molecule has 2 heterocycles. The van der Waals surface area contributed by atoms with Crippen molar-refractivity contribution < 1.29 is 14.0 Å². The molecule has 2 aromatic carbocycles. The van der Waals surface area contributed by atoms with E-state index in [1.807, 2.05) is 12.1 Å². The van der Waals surface area contributed by atoms with Crippen molar-refractivity contribution >= 4 is 0 Å². The molecule has 0 saturated carbocycles. The topological polar surface area (TPSA) is 57.3 Å². The number of quaternary nitrogens is 1. The lowest BCUT2D eigenvalue weighted by Gasteiger charge is -2.32. The summed E-state index contributed by atoms with van der Waals surface area (Å²) in [5, 5.41) is 12.4. The van der Waals surface area contributed by atoms with Gasteiger partial charge >= 0.3 is 0 Å². The molecule has 140 valence electrons. The van der Waals surface area contributed by atoms with Gasteiger partial charge in [-0.2, -0.15) is 0 Å². The van der Waals surface area contributed by atoms with E-state index in [1.54, 1.807) is 11.8 Å². The van der Waals surface area contributed by atoms with Crippen molar-refractivity contribution in [3.63, 3.8) is 0 Å². The zero-order chi connectivity index (χ0) is 18.6. The van der Waals surface area contributed by atoms with Gasteiger partial charge in [0.1, 0.15) is 12.4 Å². The Bertz CT molecular complexity index is 895. The van der Waals surface area contributed by atoms with Crippen LogP contribution in [0, 0.1) is 5.82 Å². The number of nitrogens with one attached hydrogen (secondary N) is 1. The SMILES string of the molecule is COCCn1nnnc1[C@@H](c1ccc(F)cc1)[NH+]1CCc2ccccc2C1. The molecule has 0 spiro atoms. The molecule has 4 rings (SSSR count). The predicted molar refractivity (Wildman–Crippen MR) is 97.6 cm³/mol. The Kier molecular flexibility index (Phi) is 5.22. The zero-order valence-corrected chi connectivity index (χ0v) is 15.3. The summed E-state index contributed by atoms with van der Waals surface area (Å²) in [5.74, 6) is 0.545. The molecule has 0 saturated heterocycles. The summed E-state index contributed by atoms with van der Waals surface area (Å²) >= 11 is 0. The van der Waals surface area contributed by atoms with Gasteiger partial charge in [0.05, 0.1) is 19.7 Å². The number of halogens is 1. The lowest BCUT2D eigenvalue weighted by atomic mass is 9.96. The van der Waals surface area contributed by atoms with Crippen LogP contribution in [0.25, 0.3) is 0 Å². The van der Waals surface area contributed by atoms with Crippen LogP contribution in [0.3, 0.4) is 0 Å². The van der Waals surface area contributed by atoms with Crippen LogP contribution in [0.4, 0.5) is 4.39 Å². The van der Waals surface area contributed by atoms with Crippen LogP contribution in [0.2, 0.25) is 0 Å². The summed E-state index contributed by atoms with van der Waals surface area (Å²) in [6, 6.07) is 15.2. The molecule has 0 fully saturated rings. The van der Waals surface area contributed by atoms with Gasteiger partial charge in [0, 0.05) is 24.7 Å². The monoisotopic (exact) mass is 368 g/mol. The molecule has 3 aromatic rings. The first-order chi connectivity index (χ1) is 13.3. The number of tetrazole rings is 1. The lowest BCUT2D eigenvalue weighted by molar-refractivity contribution is -0.941. The molecule has 1 N–H and O–H groups in total. The van der Waals surface area contributed by atoms with Crippen molar-refractivity contribution in [2.45, 2.75) is 25.6 Å². The van der Waals surface area contributed by atoms with E-state index in [9.17, 15) is 4.39 Å². The molecule has 1 aliphatic heterocycles. The summed E-state index contributed by atoms with van der Waals surface area (Å²) in [6.07, 6.45) is 1.00. The maximum Gasteiger partial charge on any atom is 0.214 e. The molecule has 0 aliphatic carbocycles. The maximum absolute atomic E-state index is 13.5. The second kappa shape index (κ2) is 7.94. The van der Waals surface area contributed by atoms with Gasteiger partial charge in [0.2, 0.25) is 5.82 Å². The largest absolute Gasteiger partial charge is 0.383 e. The van der Waals surface area contributed by atoms with Crippen molar-refractivity contribution in [2.75, 3.05) is 20.3 Å². The van der Waals surface area contributed by atoms with Crippen molar-refractivity contribution in [1.29, 1.82) is 0 Å². The number of hydrogen-bond donors (Lipinski definition) is 1. The minimum Gasteiger partial charge on any atom is -0.383 e. The highest BCUT2D eigenvalue weighted by molar-refractivity contribution is 5.28. The van der Waals surface area contributed by atoms with Crippen LogP contribution in [0.5, 0.6) is 0 Å². The van der Waals surface area contributed by atoms with E-state index in [0.29, 0.717) is 13.2 Å². The van der Waals surface area contributed by atoms with Gasteiger partial charge in [-0.25, -0.2) is 9.07 Å². The molecule has 7 heteroatoms. The molecular formula is C20H23FN5O+. The quantitative estimate of drug-likeness (QED) is 0.710. The zero-order valence-electron chi connectivity index (χ0n) is 15.3. The van der Waals surface area contributed by atoms with E-state index in [4.69, 9.17) is 4.74 Å². The van der Waals surface area contributed by atoms with E-state index in [2.05, 4.69) is 39.8 Å². The van der Waals surface area contributed by atoms with E-state index in [1.165, 1.54) is 28.2 Å². The number of nitrogens with zero attached hydrogens (tertiary/aromatic N) is 4. The van der Waals surface area contributed by atoms with Gasteiger partial charge in [0.25, 0.3) is 0 Å². The summed E-state index contributed by atoms with van der Waals surface area (Å²) in [7, 11) is 1.66. The third kappa shape index (κ3) is 3.74. The van der Waals surface area contributed by atoms with Crippen LogP contribution in [0.1, 0.15) is 28.6 Å². The molecular weight excluding hydrogens is 345 g/mol. The number of methoxy groups -OCH3 is 1. The van der Waals surface area contributed by atoms with Crippen molar-refractivity contribution in [3.05, 3.63) is 76.9 Å². The first-order valence-corrected chi connectivity index (χ1v) is 9.18. The number of benzene rings is 2. The Morgan fingerprint density at radius 3 is 2.70 bits per heavy atom. The lowest BCUT2D eigenvalue weighted by Crippen LogP contribution is -3.12. The first kappa shape index (κ1) is 17.8. The van der Waals surface area contributed by atoms with E-state index in [0.717, 1.165) is 30.9 Å². The van der Waals surface area contributed by atoms with Crippen LogP contribution in [0.15, 0.2) is 48.5 Å². The minimum absolute atomic E-state index is 0.0641. The molecule has 1 aliphatic rings. The number of aromatic nitrogens is 4. The third-order valence-electron chi connectivity index (χ3n) is 5.19. The molecule has 6 nitrogen and oxygen atoms in total. The molecule has 2 atom stereocenters. The minimum atomic E-state index is -0.240. The molecule has 1 aromatic heterocycles. The number of hydrogen-bond acceptors (Lipinski definition) is 4. The van der Waals surface area contributed by atoms with Crippen LogP contribution >= 0.6 is 0 Å². The first-order valence-electron chi connectivity index (χ1n) is 9.18. The standard InChI is InChI=1S/C20H22FN5O/c1-27-13-12-26-20(22-23-24-26)19(16-6-8-18(21)9-7-16)25-11-10-15-4-2-3-5-17(15)14-25/h2-9,19H,10-14H2,1H3/p+1/t19-/m1/s1. The van der Waals surface area contributed by atoms with Crippen molar-refractivity contribution in [3.8, 4) is 0 Å². The van der Waals surface area contributed by atoms with Crippen molar-refractivity contribution in [2.24, 2.45) is 0 Å². The van der Waals surface area contributed by atoms with Gasteiger partial charge < -0.3 is 9.64 Å².